The van der Waals surface area contributed by atoms with Crippen LogP contribution in [-0.2, 0) is 0 Å². The van der Waals surface area contributed by atoms with Gasteiger partial charge in [-0.2, -0.15) is 0 Å². The van der Waals surface area contributed by atoms with E-state index in [0.717, 1.165) is 0 Å². The summed E-state index contributed by atoms with van der Waals surface area (Å²) in [5, 5.41) is 8.82. The fourth-order valence-electron chi connectivity index (χ4n) is 0.411. The summed E-state index contributed by atoms with van der Waals surface area (Å²) < 4.78 is 0. The Morgan fingerprint density at radius 3 is 2.88 bits per heavy atom. The van der Waals surface area contributed by atoms with Crippen LogP contribution in [0.3, 0.4) is 0 Å². The average molecular weight is 110 g/mol. The Morgan fingerprint density at radius 1 is 1.88 bits per heavy atom. The summed E-state index contributed by atoms with van der Waals surface area (Å²) in [5.74, 6) is 2.35. The molecule has 0 aromatic heterocycles. The van der Waals surface area contributed by atoms with Crippen LogP contribution in [0.25, 0.3) is 0 Å². The van der Waals surface area contributed by atoms with Gasteiger partial charge in [0.25, 0.3) is 0 Å². The van der Waals surface area contributed by atoms with E-state index in [-0.39, 0.29) is 0 Å². The minimum atomic E-state index is -0.454. The number of rotatable bonds is 2. The number of aliphatic hydroxyl groups excluding tert-OH is 1. The van der Waals surface area contributed by atoms with Gasteiger partial charge in [-0.25, -0.2) is 0 Å². The fraction of sp³-hybridized carbons (Fsp3) is 0.429. The molecule has 44 valence electrons. The SMILES string of the molecule is C#CC[C@H](O)/C=C/C. The van der Waals surface area contributed by atoms with Crippen LogP contribution < -0.4 is 0 Å². The molecule has 8 heavy (non-hydrogen) atoms. The summed E-state index contributed by atoms with van der Waals surface area (Å²) in [6, 6.07) is 0. The van der Waals surface area contributed by atoms with Gasteiger partial charge in [0.2, 0.25) is 0 Å². The third-order valence-corrected chi connectivity index (χ3v) is 0.742. The summed E-state index contributed by atoms with van der Waals surface area (Å²) in [4.78, 5) is 0. The summed E-state index contributed by atoms with van der Waals surface area (Å²) >= 11 is 0. The molecule has 1 atom stereocenters. The van der Waals surface area contributed by atoms with E-state index in [0.29, 0.717) is 6.42 Å². The Bertz CT molecular complexity index is 108. The molecule has 0 aromatic rings. The van der Waals surface area contributed by atoms with Gasteiger partial charge in [0.15, 0.2) is 0 Å². The normalized spacial score (nSPS) is 13.6. The summed E-state index contributed by atoms with van der Waals surface area (Å²) in [6.45, 7) is 1.85. The van der Waals surface area contributed by atoms with E-state index in [1.54, 1.807) is 12.2 Å². The van der Waals surface area contributed by atoms with Crippen molar-refractivity contribution in [2.45, 2.75) is 19.4 Å². The van der Waals surface area contributed by atoms with Crippen LogP contribution in [0.1, 0.15) is 13.3 Å². The Kier molecular flexibility index (Phi) is 4.01. The van der Waals surface area contributed by atoms with Crippen LogP contribution in [0, 0.1) is 12.3 Å². The zero-order valence-electron chi connectivity index (χ0n) is 4.96. The fourth-order valence-corrected chi connectivity index (χ4v) is 0.411. The van der Waals surface area contributed by atoms with Crippen LogP contribution in [-0.4, -0.2) is 11.2 Å². The van der Waals surface area contributed by atoms with Gasteiger partial charge >= 0.3 is 0 Å². The minimum absolute atomic E-state index is 0.407. The second-order valence-corrected chi connectivity index (χ2v) is 1.50. The Hall–Kier alpha value is -0.740. The molecular formula is C7H10O. The van der Waals surface area contributed by atoms with Crippen molar-refractivity contribution in [1.29, 1.82) is 0 Å². The molecule has 0 saturated heterocycles. The molecule has 1 heteroatoms. The smallest absolute Gasteiger partial charge is 0.0829 e. The molecule has 0 spiro atoms. The third-order valence-electron chi connectivity index (χ3n) is 0.742. The molecular weight excluding hydrogens is 100 g/mol. The minimum Gasteiger partial charge on any atom is -0.388 e. The Morgan fingerprint density at radius 2 is 2.50 bits per heavy atom. The largest absolute Gasteiger partial charge is 0.388 e. The van der Waals surface area contributed by atoms with E-state index in [4.69, 9.17) is 11.5 Å². The van der Waals surface area contributed by atoms with Gasteiger partial charge in [-0.3, -0.25) is 0 Å². The summed E-state index contributed by atoms with van der Waals surface area (Å²) in [6.07, 6.45) is 8.32. The number of terminal acetylenes is 1. The van der Waals surface area contributed by atoms with Gasteiger partial charge in [0, 0.05) is 6.42 Å². The highest BCUT2D eigenvalue weighted by atomic mass is 16.3. The Balaban J connectivity index is 3.36. The molecule has 0 rings (SSSR count). The van der Waals surface area contributed by atoms with Crippen molar-refractivity contribution < 1.29 is 5.11 Å². The van der Waals surface area contributed by atoms with E-state index >= 15 is 0 Å². The maximum atomic E-state index is 8.82. The van der Waals surface area contributed by atoms with Crippen LogP contribution in [0.2, 0.25) is 0 Å². The van der Waals surface area contributed by atoms with E-state index in [2.05, 4.69) is 5.92 Å². The standard InChI is InChI=1S/C7H10O/c1-3-5-7(8)6-4-2/h1,4,6-8H,5H2,2H3/b6-4+/t7-/m0/s1. The highest BCUT2D eigenvalue weighted by molar-refractivity contribution is 4.95. The van der Waals surface area contributed by atoms with Crippen molar-refractivity contribution in [2.24, 2.45) is 0 Å². The lowest BCUT2D eigenvalue weighted by Crippen LogP contribution is -1.98. The van der Waals surface area contributed by atoms with E-state index in [9.17, 15) is 0 Å². The highest BCUT2D eigenvalue weighted by Gasteiger charge is 1.90. The van der Waals surface area contributed by atoms with Gasteiger partial charge in [0.1, 0.15) is 0 Å². The molecule has 0 aromatic carbocycles. The number of aliphatic hydroxyl groups is 1. The van der Waals surface area contributed by atoms with Crippen LogP contribution in [0.5, 0.6) is 0 Å². The van der Waals surface area contributed by atoms with Gasteiger partial charge in [0.05, 0.1) is 6.10 Å². The van der Waals surface area contributed by atoms with Crippen LogP contribution in [0.15, 0.2) is 12.2 Å². The maximum absolute atomic E-state index is 8.82. The van der Waals surface area contributed by atoms with E-state index in [1.807, 2.05) is 6.92 Å². The van der Waals surface area contributed by atoms with Crippen molar-refractivity contribution in [3.8, 4) is 12.3 Å². The summed E-state index contributed by atoms with van der Waals surface area (Å²) in [5.41, 5.74) is 0. The quantitative estimate of drug-likeness (QED) is 0.414. The lowest BCUT2D eigenvalue weighted by Gasteiger charge is -1.94. The monoisotopic (exact) mass is 110 g/mol. The van der Waals surface area contributed by atoms with Gasteiger partial charge in [-0.1, -0.05) is 12.2 Å². The maximum Gasteiger partial charge on any atom is 0.0829 e. The molecule has 0 aliphatic heterocycles. The first kappa shape index (κ1) is 7.26. The predicted octanol–water partition coefficient (Wildman–Crippen LogP) is 0.947. The molecule has 0 saturated carbocycles. The molecule has 0 unspecified atom stereocenters. The molecule has 0 heterocycles. The van der Waals surface area contributed by atoms with Crippen molar-refractivity contribution in [3.05, 3.63) is 12.2 Å². The number of hydrogen-bond donors (Lipinski definition) is 1. The van der Waals surface area contributed by atoms with Gasteiger partial charge < -0.3 is 5.11 Å². The van der Waals surface area contributed by atoms with Crippen molar-refractivity contribution >= 4 is 0 Å². The van der Waals surface area contributed by atoms with Gasteiger partial charge in [-0.15, -0.1) is 12.3 Å². The van der Waals surface area contributed by atoms with Gasteiger partial charge in [-0.05, 0) is 6.92 Å². The molecule has 0 aliphatic carbocycles. The zero-order valence-corrected chi connectivity index (χ0v) is 4.96. The lowest BCUT2D eigenvalue weighted by molar-refractivity contribution is 0.229. The van der Waals surface area contributed by atoms with Crippen LogP contribution >= 0.6 is 0 Å². The first-order valence-corrected chi connectivity index (χ1v) is 2.55. The first-order valence-electron chi connectivity index (χ1n) is 2.55. The van der Waals surface area contributed by atoms with Crippen LogP contribution in [0.4, 0.5) is 0 Å². The first-order chi connectivity index (χ1) is 3.81. The molecule has 0 fully saturated rings. The zero-order chi connectivity index (χ0) is 6.41. The molecule has 1 nitrogen and oxygen atoms in total. The molecule has 1 N–H and O–H groups in total. The third kappa shape index (κ3) is 3.45. The molecule has 0 amide bonds. The molecule has 0 bridgehead atoms. The lowest BCUT2D eigenvalue weighted by atomic mass is 10.2. The number of allylic oxidation sites excluding steroid dienone is 1. The topological polar surface area (TPSA) is 20.2 Å². The molecule has 0 radical (unpaired) electrons. The predicted molar refractivity (Wildman–Crippen MR) is 34.3 cm³/mol. The number of hydrogen-bond acceptors (Lipinski definition) is 1. The summed E-state index contributed by atoms with van der Waals surface area (Å²) in [7, 11) is 0. The highest BCUT2D eigenvalue weighted by Crippen LogP contribution is 1.89. The molecule has 0 aliphatic rings. The van der Waals surface area contributed by atoms with Crippen molar-refractivity contribution in [3.63, 3.8) is 0 Å². The van der Waals surface area contributed by atoms with E-state index < -0.39 is 6.10 Å². The second kappa shape index (κ2) is 4.42. The Labute approximate surface area is 50.0 Å². The average Bonchev–Trinajstić information content (AvgIpc) is 1.68. The van der Waals surface area contributed by atoms with E-state index in [1.165, 1.54) is 0 Å². The van der Waals surface area contributed by atoms with Crippen molar-refractivity contribution in [2.75, 3.05) is 0 Å². The second-order valence-electron chi connectivity index (χ2n) is 1.50. The van der Waals surface area contributed by atoms with Crippen molar-refractivity contribution in [1.82, 2.24) is 0 Å².